The van der Waals surface area contributed by atoms with Gasteiger partial charge in [-0.15, -0.1) is 11.3 Å². The molecule has 0 radical (unpaired) electrons. The molecule has 106 valence electrons. The van der Waals surface area contributed by atoms with Crippen LogP contribution >= 0.6 is 11.3 Å². The third-order valence-electron chi connectivity index (χ3n) is 3.46. The maximum Gasteiger partial charge on any atom is 0.222 e. The normalized spacial score (nSPS) is 19.9. The monoisotopic (exact) mass is 289 g/mol. The molecule has 0 bridgehead atoms. The highest BCUT2D eigenvalue weighted by Crippen LogP contribution is 2.17. The number of likely N-dealkylation sites (tertiary alicyclic amines) is 1. The van der Waals surface area contributed by atoms with Gasteiger partial charge in [0.15, 0.2) is 0 Å². The lowest BCUT2D eigenvalue weighted by molar-refractivity contribution is 0.206. The summed E-state index contributed by atoms with van der Waals surface area (Å²) in [6.45, 7) is 5.17. The van der Waals surface area contributed by atoms with Gasteiger partial charge >= 0.3 is 0 Å². The Hall–Kier alpha value is -1.53. The van der Waals surface area contributed by atoms with Crippen molar-refractivity contribution in [3.63, 3.8) is 0 Å². The van der Waals surface area contributed by atoms with Crippen LogP contribution in [0.2, 0.25) is 0 Å². The molecule has 3 rings (SSSR count). The molecule has 1 aliphatic rings. The van der Waals surface area contributed by atoms with Crippen molar-refractivity contribution in [3.05, 3.63) is 34.5 Å². The minimum Gasteiger partial charge on any atom is -0.350 e. The molecule has 0 amide bonds. The van der Waals surface area contributed by atoms with E-state index in [0.717, 1.165) is 30.6 Å². The highest BCUT2D eigenvalue weighted by Gasteiger charge is 2.20. The van der Waals surface area contributed by atoms with Gasteiger partial charge in [0.2, 0.25) is 5.95 Å². The molecule has 20 heavy (non-hydrogen) atoms. The van der Waals surface area contributed by atoms with Crippen LogP contribution in [0.4, 0.5) is 5.95 Å². The van der Waals surface area contributed by atoms with Gasteiger partial charge in [0, 0.05) is 36.9 Å². The molecule has 0 aliphatic carbocycles. The van der Waals surface area contributed by atoms with Gasteiger partial charge in [0.05, 0.1) is 10.7 Å². The SMILES string of the molecule is Cc1nc(CN2CCCC(Nc3ncccn3)C2)cs1. The number of anilines is 1. The molecule has 5 nitrogen and oxygen atoms in total. The van der Waals surface area contributed by atoms with Gasteiger partial charge in [-0.1, -0.05) is 0 Å². The van der Waals surface area contributed by atoms with Gasteiger partial charge < -0.3 is 5.32 Å². The van der Waals surface area contributed by atoms with Crippen LogP contribution in [0.3, 0.4) is 0 Å². The zero-order chi connectivity index (χ0) is 13.8. The lowest BCUT2D eigenvalue weighted by atomic mass is 10.1. The Labute approximate surface area is 123 Å². The van der Waals surface area contributed by atoms with Gasteiger partial charge in [0.1, 0.15) is 0 Å². The number of nitrogens with one attached hydrogen (secondary N) is 1. The highest BCUT2D eigenvalue weighted by molar-refractivity contribution is 7.09. The Morgan fingerprint density at radius 1 is 1.40 bits per heavy atom. The van der Waals surface area contributed by atoms with Crippen LogP contribution in [-0.4, -0.2) is 39.0 Å². The summed E-state index contributed by atoms with van der Waals surface area (Å²) < 4.78 is 0. The predicted molar refractivity (Wildman–Crippen MR) is 80.8 cm³/mol. The maximum absolute atomic E-state index is 4.55. The molecule has 1 aliphatic heterocycles. The van der Waals surface area contributed by atoms with Crippen LogP contribution < -0.4 is 5.32 Å². The summed E-state index contributed by atoms with van der Waals surface area (Å²) >= 11 is 1.72. The van der Waals surface area contributed by atoms with Crippen molar-refractivity contribution in [2.75, 3.05) is 18.4 Å². The number of rotatable bonds is 4. The quantitative estimate of drug-likeness (QED) is 0.936. The van der Waals surface area contributed by atoms with E-state index in [1.54, 1.807) is 23.7 Å². The second-order valence-corrected chi connectivity index (χ2v) is 6.21. The first-order valence-corrected chi connectivity index (χ1v) is 7.84. The van der Waals surface area contributed by atoms with E-state index in [1.165, 1.54) is 18.5 Å². The molecule has 1 N–H and O–H groups in total. The van der Waals surface area contributed by atoms with E-state index in [1.807, 2.05) is 6.07 Å². The van der Waals surface area contributed by atoms with Crippen molar-refractivity contribution in [3.8, 4) is 0 Å². The second kappa shape index (κ2) is 6.28. The predicted octanol–water partition coefficient (Wildman–Crippen LogP) is 2.32. The number of nitrogens with zero attached hydrogens (tertiary/aromatic N) is 4. The Bertz CT molecular complexity index is 542. The Kier molecular flexibility index (Phi) is 4.22. The van der Waals surface area contributed by atoms with E-state index in [9.17, 15) is 0 Å². The van der Waals surface area contributed by atoms with Crippen LogP contribution in [0.15, 0.2) is 23.8 Å². The molecule has 1 atom stereocenters. The average molecular weight is 289 g/mol. The van der Waals surface area contributed by atoms with Gasteiger partial charge in [0.25, 0.3) is 0 Å². The first kappa shape index (κ1) is 13.5. The molecule has 0 spiro atoms. The minimum absolute atomic E-state index is 0.422. The summed E-state index contributed by atoms with van der Waals surface area (Å²) in [5, 5.41) is 6.72. The Balaban J connectivity index is 1.56. The molecule has 0 saturated carbocycles. The minimum atomic E-state index is 0.422. The summed E-state index contributed by atoms with van der Waals surface area (Å²) in [6, 6.07) is 2.26. The molecule has 2 aromatic rings. The summed E-state index contributed by atoms with van der Waals surface area (Å²) in [7, 11) is 0. The number of hydrogen-bond acceptors (Lipinski definition) is 6. The number of aromatic nitrogens is 3. The van der Waals surface area contributed by atoms with Crippen LogP contribution in [-0.2, 0) is 6.54 Å². The first-order valence-electron chi connectivity index (χ1n) is 6.96. The van der Waals surface area contributed by atoms with Crippen molar-refractivity contribution in [1.82, 2.24) is 19.9 Å². The molecule has 1 saturated heterocycles. The topological polar surface area (TPSA) is 53.9 Å². The summed E-state index contributed by atoms with van der Waals surface area (Å²) in [6.07, 6.45) is 5.92. The lowest BCUT2D eigenvalue weighted by Gasteiger charge is -2.32. The third kappa shape index (κ3) is 3.52. The van der Waals surface area contributed by atoms with E-state index < -0.39 is 0 Å². The molecule has 1 fully saturated rings. The first-order chi connectivity index (χ1) is 9.79. The molecule has 0 aromatic carbocycles. The molecular weight excluding hydrogens is 270 g/mol. The van der Waals surface area contributed by atoms with Gasteiger partial charge in [-0.05, 0) is 32.4 Å². The number of aryl methyl sites for hydroxylation is 1. The summed E-state index contributed by atoms with van der Waals surface area (Å²) in [5.41, 5.74) is 1.18. The van der Waals surface area contributed by atoms with Crippen molar-refractivity contribution < 1.29 is 0 Å². The van der Waals surface area contributed by atoms with Crippen molar-refractivity contribution >= 4 is 17.3 Å². The van der Waals surface area contributed by atoms with Crippen molar-refractivity contribution in [1.29, 1.82) is 0 Å². The second-order valence-electron chi connectivity index (χ2n) is 5.15. The van der Waals surface area contributed by atoms with E-state index >= 15 is 0 Å². The molecular formula is C14H19N5S. The molecule has 6 heteroatoms. The average Bonchev–Trinajstić information content (AvgIpc) is 2.86. The fraction of sp³-hybridized carbons (Fsp3) is 0.500. The number of thiazole rings is 1. The zero-order valence-corrected chi connectivity index (χ0v) is 12.4. The third-order valence-corrected chi connectivity index (χ3v) is 4.28. The maximum atomic E-state index is 4.55. The van der Waals surface area contributed by atoms with Gasteiger partial charge in [-0.2, -0.15) is 0 Å². The smallest absolute Gasteiger partial charge is 0.222 e. The van der Waals surface area contributed by atoms with Crippen LogP contribution in [0.1, 0.15) is 23.5 Å². The fourth-order valence-electron chi connectivity index (χ4n) is 2.58. The Morgan fingerprint density at radius 2 is 2.25 bits per heavy atom. The largest absolute Gasteiger partial charge is 0.350 e. The van der Waals surface area contributed by atoms with Crippen LogP contribution in [0.25, 0.3) is 0 Å². The highest BCUT2D eigenvalue weighted by atomic mass is 32.1. The van der Waals surface area contributed by atoms with Crippen molar-refractivity contribution in [2.24, 2.45) is 0 Å². The van der Waals surface area contributed by atoms with E-state index in [0.29, 0.717) is 6.04 Å². The number of piperidine rings is 1. The van der Waals surface area contributed by atoms with Crippen molar-refractivity contribution in [2.45, 2.75) is 32.4 Å². The fourth-order valence-corrected chi connectivity index (χ4v) is 3.19. The van der Waals surface area contributed by atoms with Crippen LogP contribution in [0, 0.1) is 6.92 Å². The van der Waals surface area contributed by atoms with Crippen LogP contribution in [0.5, 0.6) is 0 Å². The molecule has 3 heterocycles. The van der Waals surface area contributed by atoms with Gasteiger partial charge in [-0.25, -0.2) is 15.0 Å². The molecule has 2 aromatic heterocycles. The van der Waals surface area contributed by atoms with E-state index in [2.05, 4.69) is 37.5 Å². The van der Waals surface area contributed by atoms with Gasteiger partial charge in [-0.3, -0.25) is 4.90 Å². The molecule has 1 unspecified atom stereocenters. The summed E-state index contributed by atoms with van der Waals surface area (Å²) in [4.78, 5) is 15.5. The summed E-state index contributed by atoms with van der Waals surface area (Å²) in [5.74, 6) is 0.726. The lowest BCUT2D eigenvalue weighted by Crippen LogP contribution is -2.41. The van der Waals surface area contributed by atoms with E-state index in [4.69, 9.17) is 0 Å². The standard InChI is InChI=1S/C14H19N5S/c1-11-17-13(10-20-11)9-19-7-2-4-12(8-19)18-14-15-5-3-6-16-14/h3,5-6,10,12H,2,4,7-9H2,1H3,(H,15,16,18). The Morgan fingerprint density at radius 3 is 3.00 bits per heavy atom. The number of hydrogen-bond donors (Lipinski definition) is 1. The van der Waals surface area contributed by atoms with E-state index in [-0.39, 0.29) is 0 Å². The zero-order valence-electron chi connectivity index (χ0n) is 11.6.